The summed E-state index contributed by atoms with van der Waals surface area (Å²) >= 11 is 0. The molecule has 0 radical (unpaired) electrons. The van der Waals surface area contributed by atoms with E-state index >= 15 is 0 Å². The largest absolute Gasteiger partial charge is 0.368 e. The zero-order valence-corrected chi connectivity index (χ0v) is 12.7. The molecule has 1 unspecified atom stereocenters. The summed E-state index contributed by atoms with van der Waals surface area (Å²) in [5.41, 5.74) is 2.69. The normalized spacial score (nSPS) is 17.4. The van der Waals surface area contributed by atoms with E-state index in [1.54, 1.807) is 0 Å². The number of fused-ring (bicyclic) bond motifs is 1. The lowest BCUT2D eigenvalue weighted by atomic mass is 10.1. The number of nitrogens with one attached hydrogen (secondary N) is 1. The standard InChI is InChI=1S/C16H25N3O/c1-13-12-14-6-4-5-7-15(14)19(13)10-8-16(20)17-9-11-18(2)3/h4-7,13H,8-12H2,1-3H3,(H,17,20). The minimum absolute atomic E-state index is 0.142. The van der Waals surface area contributed by atoms with Crippen molar-refractivity contribution in [2.24, 2.45) is 0 Å². The molecule has 1 aliphatic rings. The number of likely N-dealkylation sites (N-methyl/N-ethyl adjacent to an activating group) is 1. The summed E-state index contributed by atoms with van der Waals surface area (Å²) in [4.78, 5) is 16.3. The van der Waals surface area contributed by atoms with Gasteiger partial charge in [0.1, 0.15) is 0 Å². The van der Waals surface area contributed by atoms with Gasteiger partial charge in [-0.2, -0.15) is 0 Å². The lowest BCUT2D eigenvalue weighted by Gasteiger charge is -2.24. The van der Waals surface area contributed by atoms with Crippen LogP contribution in [0.1, 0.15) is 18.9 Å². The second-order valence-corrected chi connectivity index (χ2v) is 5.78. The Balaban J connectivity index is 1.81. The van der Waals surface area contributed by atoms with Crippen molar-refractivity contribution >= 4 is 11.6 Å². The molecule has 0 spiro atoms. The van der Waals surface area contributed by atoms with E-state index in [-0.39, 0.29) is 5.91 Å². The van der Waals surface area contributed by atoms with Crippen molar-refractivity contribution in [1.82, 2.24) is 10.2 Å². The smallest absolute Gasteiger partial charge is 0.221 e. The molecule has 2 rings (SSSR count). The number of hydrogen-bond donors (Lipinski definition) is 1. The lowest BCUT2D eigenvalue weighted by molar-refractivity contribution is -0.120. The van der Waals surface area contributed by atoms with Gasteiger partial charge >= 0.3 is 0 Å². The molecule has 0 aliphatic carbocycles. The van der Waals surface area contributed by atoms with E-state index in [1.165, 1.54) is 11.3 Å². The molecule has 4 nitrogen and oxygen atoms in total. The third-order valence-electron chi connectivity index (χ3n) is 3.81. The first-order valence-electron chi connectivity index (χ1n) is 7.34. The first-order chi connectivity index (χ1) is 9.58. The van der Waals surface area contributed by atoms with Gasteiger partial charge in [0.05, 0.1) is 0 Å². The fourth-order valence-corrected chi connectivity index (χ4v) is 2.70. The summed E-state index contributed by atoms with van der Waals surface area (Å²) in [7, 11) is 4.02. The van der Waals surface area contributed by atoms with Crippen molar-refractivity contribution in [2.45, 2.75) is 25.8 Å². The number of benzene rings is 1. The van der Waals surface area contributed by atoms with Crippen molar-refractivity contribution in [3.8, 4) is 0 Å². The number of amides is 1. The molecule has 110 valence electrons. The third kappa shape index (κ3) is 3.73. The molecule has 0 fully saturated rings. The van der Waals surface area contributed by atoms with Crippen molar-refractivity contribution in [2.75, 3.05) is 38.6 Å². The average Bonchev–Trinajstić information content (AvgIpc) is 2.71. The van der Waals surface area contributed by atoms with Crippen molar-refractivity contribution in [1.29, 1.82) is 0 Å². The second kappa shape index (κ2) is 6.75. The fraction of sp³-hybridized carbons (Fsp3) is 0.562. The van der Waals surface area contributed by atoms with Gasteiger partial charge in [0.15, 0.2) is 0 Å². The molecular weight excluding hydrogens is 250 g/mol. The Morgan fingerprint density at radius 3 is 2.90 bits per heavy atom. The van der Waals surface area contributed by atoms with E-state index < -0.39 is 0 Å². The molecule has 1 aromatic rings. The van der Waals surface area contributed by atoms with Crippen LogP contribution in [0.5, 0.6) is 0 Å². The van der Waals surface area contributed by atoms with Crippen LogP contribution < -0.4 is 10.2 Å². The summed E-state index contributed by atoms with van der Waals surface area (Å²) < 4.78 is 0. The van der Waals surface area contributed by atoms with Gasteiger partial charge in [0.2, 0.25) is 5.91 Å². The molecule has 1 amide bonds. The lowest BCUT2D eigenvalue weighted by Crippen LogP contribution is -2.36. The molecule has 1 atom stereocenters. The highest BCUT2D eigenvalue weighted by Crippen LogP contribution is 2.31. The van der Waals surface area contributed by atoms with Gasteiger partial charge < -0.3 is 15.1 Å². The molecule has 4 heteroatoms. The van der Waals surface area contributed by atoms with E-state index in [0.717, 1.165) is 26.1 Å². The van der Waals surface area contributed by atoms with E-state index in [4.69, 9.17) is 0 Å². The van der Waals surface area contributed by atoms with Crippen molar-refractivity contribution in [3.63, 3.8) is 0 Å². The monoisotopic (exact) mass is 275 g/mol. The molecule has 0 saturated carbocycles. The first-order valence-corrected chi connectivity index (χ1v) is 7.34. The third-order valence-corrected chi connectivity index (χ3v) is 3.81. The Labute approximate surface area is 121 Å². The van der Waals surface area contributed by atoms with Crippen LogP contribution in [0.15, 0.2) is 24.3 Å². The SMILES string of the molecule is CC1Cc2ccccc2N1CCC(=O)NCCN(C)C. The van der Waals surface area contributed by atoms with Crippen LogP contribution >= 0.6 is 0 Å². The highest BCUT2D eigenvalue weighted by molar-refractivity contribution is 5.76. The fourth-order valence-electron chi connectivity index (χ4n) is 2.70. The van der Waals surface area contributed by atoms with E-state index in [0.29, 0.717) is 12.5 Å². The van der Waals surface area contributed by atoms with Gasteiger partial charge in [-0.25, -0.2) is 0 Å². The number of carbonyl (C=O) groups is 1. The maximum atomic E-state index is 11.8. The van der Waals surface area contributed by atoms with Crippen molar-refractivity contribution < 1.29 is 4.79 Å². The highest BCUT2D eigenvalue weighted by atomic mass is 16.1. The van der Waals surface area contributed by atoms with E-state index in [2.05, 4.69) is 46.3 Å². The minimum Gasteiger partial charge on any atom is -0.368 e. The van der Waals surface area contributed by atoms with Gasteiger partial charge in [0, 0.05) is 37.8 Å². The van der Waals surface area contributed by atoms with Crippen LogP contribution in [0.3, 0.4) is 0 Å². The topological polar surface area (TPSA) is 35.6 Å². The van der Waals surface area contributed by atoms with Gasteiger partial charge in [-0.1, -0.05) is 18.2 Å². The number of rotatable bonds is 6. The molecule has 0 saturated heterocycles. The van der Waals surface area contributed by atoms with Crippen LogP contribution in [-0.2, 0) is 11.2 Å². The maximum Gasteiger partial charge on any atom is 0.221 e. The maximum absolute atomic E-state index is 11.8. The van der Waals surface area contributed by atoms with E-state index in [1.807, 2.05) is 14.1 Å². The second-order valence-electron chi connectivity index (χ2n) is 5.78. The summed E-state index contributed by atoms with van der Waals surface area (Å²) in [6.45, 7) is 4.63. The number of hydrogen-bond acceptors (Lipinski definition) is 3. The number of para-hydroxylation sites is 1. The van der Waals surface area contributed by atoms with Gasteiger partial charge in [0.25, 0.3) is 0 Å². The number of nitrogens with zero attached hydrogens (tertiary/aromatic N) is 2. The molecule has 1 aliphatic heterocycles. The van der Waals surface area contributed by atoms with Crippen LogP contribution in [0, 0.1) is 0 Å². The molecule has 1 heterocycles. The molecule has 0 aromatic heterocycles. The number of anilines is 1. The van der Waals surface area contributed by atoms with Gasteiger partial charge in [-0.3, -0.25) is 4.79 Å². The molecule has 1 aromatic carbocycles. The Kier molecular flexibility index (Phi) is 5.01. The molecule has 20 heavy (non-hydrogen) atoms. The average molecular weight is 275 g/mol. The minimum atomic E-state index is 0.142. The quantitative estimate of drug-likeness (QED) is 0.855. The molecule has 1 N–H and O–H groups in total. The van der Waals surface area contributed by atoms with Crippen molar-refractivity contribution in [3.05, 3.63) is 29.8 Å². The summed E-state index contributed by atoms with van der Waals surface area (Å²) in [6.07, 6.45) is 1.64. The van der Waals surface area contributed by atoms with Crippen LogP contribution in [0.2, 0.25) is 0 Å². The van der Waals surface area contributed by atoms with Crippen LogP contribution in [0.25, 0.3) is 0 Å². The van der Waals surface area contributed by atoms with Gasteiger partial charge in [-0.15, -0.1) is 0 Å². The van der Waals surface area contributed by atoms with Crippen LogP contribution in [0.4, 0.5) is 5.69 Å². The Morgan fingerprint density at radius 2 is 2.15 bits per heavy atom. The predicted octanol–water partition coefficient (Wildman–Crippen LogP) is 1.51. The molecular formula is C16H25N3O. The zero-order chi connectivity index (χ0) is 14.5. The Morgan fingerprint density at radius 1 is 1.40 bits per heavy atom. The summed E-state index contributed by atoms with van der Waals surface area (Å²) in [6, 6.07) is 8.98. The van der Waals surface area contributed by atoms with Gasteiger partial charge in [-0.05, 0) is 39.1 Å². The first kappa shape index (κ1) is 14.9. The summed E-state index contributed by atoms with van der Waals surface area (Å²) in [5.74, 6) is 0.142. The Bertz CT molecular complexity index is 459. The van der Waals surface area contributed by atoms with E-state index in [9.17, 15) is 4.79 Å². The summed E-state index contributed by atoms with van der Waals surface area (Å²) in [5, 5.41) is 2.97. The highest BCUT2D eigenvalue weighted by Gasteiger charge is 2.25. The zero-order valence-electron chi connectivity index (χ0n) is 12.7. The Hall–Kier alpha value is -1.55. The number of carbonyl (C=O) groups excluding carboxylic acids is 1. The molecule has 0 bridgehead atoms. The van der Waals surface area contributed by atoms with Crippen LogP contribution in [-0.4, -0.2) is 50.6 Å². The predicted molar refractivity (Wildman–Crippen MR) is 83.1 cm³/mol.